The maximum atomic E-state index is 12.8. The molecule has 0 aliphatic rings. The van der Waals surface area contributed by atoms with Gasteiger partial charge in [0.1, 0.15) is 6.61 Å². The van der Waals surface area contributed by atoms with Crippen molar-refractivity contribution in [1.29, 1.82) is 0 Å². The molecule has 0 bridgehead atoms. The van der Waals surface area contributed by atoms with Gasteiger partial charge in [0.2, 0.25) is 0 Å². The summed E-state index contributed by atoms with van der Waals surface area (Å²) >= 11 is 3.55. The lowest BCUT2D eigenvalue weighted by atomic mass is 10.1. The van der Waals surface area contributed by atoms with Crippen LogP contribution in [0.5, 0.6) is 11.5 Å². The molecule has 1 aromatic heterocycles. The highest BCUT2D eigenvalue weighted by molar-refractivity contribution is 9.10. The van der Waals surface area contributed by atoms with E-state index in [0.717, 1.165) is 21.0 Å². The van der Waals surface area contributed by atoms with Gasteiger partial charge in [0, 0.05) is 10.0 Å². The monoisotopic (exact) mass is 543 g/mol. The summed E-state index contributed by atoms with van der Waals surface area (Å²) in [6, 6.07) is 24.6. The zero-order valence-corrected chi connectivity index (χ0v) is 21.0. The second-order valence-corrected chi connectivity index (χ2v) is 8.87. The molecule has 0 saturated carbocycles. The number of rotatable bonds is 7. The normalized spacial score (nSPS) is 11.4. The Labute approximate surface area is 214 Å². The number of fused-ring (bicyclic) bond motifs is 2. The maximum Gasteiger partial charge on any atom is 0.349 e. The van der Waals surface area contributed by atoms with Crippen LogP contribution in [-0.4, -0.2) is 22.5 Å². The van der Waals surface area contributed by atoms with Crippen LogP contribution in [0.2, 0.25) is 0 Å². The van der Waals surface area contributed by atoms with Crippen molar-refractivity contribution in [2.45, 2.75) is 13.5 Å². The molecule has 7 nitrogen and oxygen atoms in total. The Morgan fingerprint density at radius 1 is 0.917 bits per heavy atom. The van der Waals surface area contributed by atoms with Gasteiger partial charge in [0.25, 0.3) is 5.56 Å². The molecule has 0 unspecified atom stereocenters. The molecular weight excluding hydrogens is 522 g/mol. The highest BCUT2D eigenvalue weighted by Gasteiger charge is 2.12. The number of hydrogen-bond acceptors (Lipinski definition) is 5. The van der Waals surface area contributed by atoms with Gasteiger partial charge in [-0.1, -0.05) is 54.6 Å². The summed E-state index contributed by atoms with van der Waals surface area (Å²) in [5, 5.41) is 6.81. The molecule has 1 heterocycles. The lowest BCUT2D eigenvalue weighted by Crippen LogP contribution is -2.32. The van der Waals surface area contributed by atoms with E-state index in [0.29, 0.717) is 45.7 Å². The van der Waals surface area contributed by atoms with Crippen LogP contribution in [-0.2, 0) is 6.61 Å². The van der Waals surface area contributed by atoms with Crippen LogP contribution in [0.4, 0.5) is 0 Å². The van der Waals surface area contributed by atoms with E-state index in [-0.39, 0.29) is 0 Å². The molecule has 36 heavy (non-hydrogen) atoms. The number of halogens is 1. The van der Waals surface area contributed by atoms with Crippen LogP contribution < -0.4 is 20.7 Å². The second kappa shape index (κ2) is 10.2. The number of H-pyrrole nitrogens is 1. The van der Waals surface area contributed by atoms with Crippen molar-refractivity contribution in [2.24, 2.45) is 5.10 Å². The minimum atomic E-state index is -0.619. The van der Waals surface area contributed by atoms with Gasteiger partial charge in [-0.05, 0) is 63.5 Å². The molecule has 8 heteroatoms. The molecule has 0 radical (unpaired) electrons. The van der Waals surface area contributed by atoms with E-state index in [1.807, 2.05) is 31.2 Å². The summed E-state index contributed by atoms with van der Waals surface area (Å²) in [5.41, 5.74) is 1.03. The minimum absolute atomic E-state index is 0.364. The predicted molar refractivity (Wildman–Crippen MR) is 145 cm³/mol. The molecule has 5 aromatic rings. The zero-order chi connectivity index (χ0) is 25.1. The number of aromatic nitrogens is 2. The SMILES string of the molecule is CCOc1cc(C=Nn2c(=O)[nH]c3ccccc3c2=O)c(Br)cc1OCc1cccc2ccccc12. The quantitative estimate of drug-likeness (QED) is 0.276. The molecule has 1 N–H and O–H groups in total. The van der Waals surface area contributed by atoms with Gasteiger partial charge < -0.3 is 14.5 Å². The third kappa shape index (κ3) is 4.67. The molecule has 180 valence electrons. The Balaban J connectivity index is 1.46. The molecule has 4 aromatic carbocycles. The molecule has 0 aliphatic carbocycles. The fourth-order valence-corrected chi connectivity index (χ4v) is 4.41. The molecule has 0 atom stereocenters. The van der Waals surface area contributed by atoms with Crippen molar-refractivity contribution < 1.29 is 9.47 Å². The van der Waals surface area contributed by atoms with Crippen molar-refractivity contribution in [2.75, 3.05) is 6.61 Å². The number of ether oxygens (including phenoxy) is 2. The van der Waals surface area contributed by atoms with Gasteiger partial charge >= 0.3 is 5.69 Å². The predicted octanol–water partition coefficient (Wildman–Crippen LogP) is 5.47. The van der Waals surface area contributed by atoms with E-state index in [1.165, 1.54) is 6.21 Å². The van der Waals surface area contributed by atoms with Gasteiger partial charge in [-0.3, -0.25) is 4.79 Å². The second-order valence-electron chi connectivity index (χ2n) is 8.02. The molecule has 0 fully saturated rings. The third-order valence-corrected chi connectivity index (χ3v) is 6.41. The first-order chi connectivity index (χ1) is 17.5. The van der Waals surface area contributed by atoms with Gasteiger partial charge in [-0.25, -0.2) is 4.79 Å². The maximum absolute atomic E-state index is 12.8. The Hall–Kier alpha value is -4.17. The Kier molecular flexibility index (Phi) is 6.69. The standard InChI is InChI=1S/C28H22BrN3O4/c1-2-35-25-14-20(16-30-32-27(33)22-12-5-6-13-24(22)31-28(32)34)23(29)15-26(25)36-17-19-10-7-9-18-8-3-4-11-21(18)19/h3-16H,2,17H2,1H3,(H,31,34). The summed E-state index contributed by atoms with van der Waals surface area (Å²) in [6.45, 7) is 2.69. The third-order valence-electron chi connectivity index (χ3n) is 5.72. The Morgan fingerprint density at radius 2 is 1.64 bits per heavy atom. The van der Waals surface area contributed by atoms with Crippen LogP contribution in [0.15, 0.2) is 98.0 Å². The molecule has 0 aliphatic heterocycles. The van der Waals surface area contributed by atoms with E-state index in [9.17, 15) is 9.59 Å². The van der Waals surface area contributed by atoms with Gasteiger partial charge in [-0.15, -0.1) is 4.68 Å². The molecule has 0 amide bonds. The van der Waals surface area contributed by atoms with Gasteiger partial charge in [0.15, 0.2) is 11.5 Å². The summed E-state index contributed by atoms with van der Waals surface area (Å²) in [7, 11) is 0. The Morgan fingerprint density at radius 3 is 2.47 bits per heavy atom. The lowest BCUT2D eigenvalue weighted by Gasteiger charge is -2.15. The van der Waals surface area contributed by atoms with Crippen LogP contribution in [0.1, 0.15) is 18.1 Å². The minimum Gasteiger partial charge on any atom is -0.490 e. The average molecular weight is 544 g/mol. The number of hydrogen-bond donors (Lipinski definition) is 1. The summed E-state index contributed by atoms with van der Waals surface area (Å²) < 4.78 is 13.5. The smallest absolute Gasteiger partial charge is 0.349 e. The van der Waals surface area contributed by atoms with Crippen molar-refractivity contribution in [3.05, 3.63) is 115 Å². The summed E-state index contributed by atoms with van der Waals surface area (Å²) in [4.78, 5) is 27.9. The van der Waals surface area contributed by atoms with Crippen LogP contribution in [0, 0.1) is 0 Å². The first kappa shape index (κ1) is 23.6. The van der Waals surface area contributed by atoms with Gasteiger partial charge in [-0.2, -0.15) is 5.10 Å². The number of nitrogens with one attached hydrogen (secondary N) is 1. The van der Waals surface area contributed by atoms with Gasteiger partial charge in [0.05, 0.1) is 23.7 Å². The fraction of sp³-hybridized carbons (Fsp3) is 0.107. The fourth-order valence-electron chi connectivity index (χ4n) is 3.98. The average Bonchev–Trinajstić information content (AvgIpc) is 2.89. The number of para-hydroxylation sites is 1. The summed E-state index contributed by atoms with van der Waals surface area (Å²) in [5.74, 6) is 1.09. The van der Waals surface area contributed by atoms with E-state index in [4.69, 9.17) is 9.47 Å². The van der Waals surface area contributed by atoms with Crippen molar-refractivity contribution in [3.8, 4) is 11.5 Å². The van der Waals surface area contributed by atoms with E-state index >= 15 is 0 Å². The van der Waals surface area contributed by atoms with Crippen LogP contribution in [0.3, 0.4) is 0 Å². The first-order valence-electron chi connectivity index (χ1n) is 11.4. The molecule has 0 saturated heterocycles. The van der Waals surface area contributed by atoms with Crippen molar-refractivity contribution in [3.63, 3.8) is 0 Å². The zero-order valence-electron chi connectivity index (χ0n) is 19.4. The Bertz CT molecular complexity index is 1720. The van der Waals surface area contributed by atoms with E-state index < -0.39 is 11.2 Å². The highest BCUT2D eigenvalue weighted by atomic mass is 79.9. The van der Waals surface area contributed by atoms with Crippen LogP contribution in [0.25, 0.3) is 21.7 Å². The molecule has 0 spiro atoms. The van der Waals surface area contributed by atoms with E-state index in [2.05, 4.69) is 44.2 Å². The topological polar surface area (TPSA) is 85.7 Å². The number of aromatic amines is 1. The van der Waals surface area contributed by atoms with Crippen molar-refractivity contribution >= 4 is 43.8 Å². The molecular formula is C28H22BrN3O4. The largest absolute Gasteiger partial charge is 0.490 e. The first-order valence-corrected chi connectivity index (χ1v) is 12.2. The summed E-state index contributed by atoms with van der Waals surface area (Å²) in [6.07, 6.45) is 1.44. The molecule has 5 rings (SSSR count). The van der Waals surface area contributed by atoms with Crippen molar-refractivity contribution in [1.82, 2.24) is 9.66 Å². The highest BCUT2D eigenvalue weighted by Crippen LogP contribution is 2.34. The van der Waals surface area contributed by atoms with Crippen LogP contribution >= 0.6 is 15.9 Å². The lowest BCUT2D eigenvalue weighted by molar-refractivity contribution is 0.270. The number of nitrogens with zero attached hydrogens (tertiary/aromatic N) is 2. The number of benzene rings is 4. The van der Waals surface area contributed by atoms with E-state index in [1.54, 1.807) is 36.4 Å².